The zero-order chi connectivity index (χ0) is 13.8. The lowest BCUT2D eigenvalue weighted by molar-refractivity contribution is 0.191. The van der Waals surface area contributed by atoms with Gasteiger partial charge in [0.1, 0.15) is 0 Å². The monoisotopic (exact) mass is 344 g/mol. The molecule has 0 radical (unpaired) electrons. The minimum atomic E-state index is 0.647. The first-order valence-electron chi connectivity index (χ1n) is 7.25. The Kier molecular flexibility index (Phi) is 5.87. The SMILES string of the molecule is CC(C)CC1CN(Cc2cc(Br)cs2)C(C)CCN1. The van der Waals surface area contributed by atoms with Crippen molar-refractivity contribution in [3.05, 3.63) is 20.8 Å². The third-order valence-corrected chi connectivity index (χ3v) is 5.49. The summed E-state index contributed by atoms with van der Waals surface area (Å²) in [6.07, 6.45) is 2.53. The number of nitrogens with zero attached hydrogens (tertiary/aromatic N) is 1. The third-order valence-electron chi connectivity index (χ3n) is 3.81. The summed E-state index contributed by atoms with van der Waals surface area (Å²) in [7, 11) is 0. The molecule has 2 atom stereocenters. The van der Waals surface area contributed by atoms with Crippen molar-refractivity contribution in [1.29, 1.82) is 0 Å². The van der Waals surface area contributed by atoms with Gasteiger partial charge in [-0.05, 0) is 54.2 Å². The van der Waals surface area contributed by atoms with Gasteiger partial charge < -0.3 is 5.32 Å². The van der Waals surface area contributed by atoms with E-state index >= 15 is 0 Å². The zero-order valence-corrected chi connectivity index (χ0v) is 14.6. The van der Waals surface area contributed by atoms with Crippen LogP contribution in [-0.4, -0.2) is 30.1 Å². The van der Waals surface area contributed by atoms with E-state index in [9.17, 15) is 0 Å². The minimum absolute atomic E-state index is 0.647. The Labute approximate surface area is 129 Å². The molecule has 1 aromatic rings. The van der Waals surface area contributed by atoms with Gasteiger partial charge in [0.25, 0.3) is 0 Å². The van der Waals surface area contributed by atoms with Crippen LogP contribution in [0.15, 0.2) is 15.9 Å². The highest BCUT2D eigenvalue weighted by Gasteiger charge is 2.23. The highest BCUT2D eigenvalue weighted by molar-refractivity contribution is 9.10. The highest BCUT2D eigenvalue weighted by atomic mass is 79.9. The average molecular weight is 345 g/mol. The summed E-state index contributed by atoms with van der Waals surface area (Å²) < 4.78 is 1.21. The summed E-state index contributed by atoms with van der Waals surface area (Å²) in [6.45, 7) is 10.4. The maximum atomic E-state index is 3.72. The van der Waals surface area contributed by atoms with Crippen molar-refractivity contribution in [3.8, 4) is 0 Å². The fourth-order valence-corrected chi connectivity index (χ4v) is 4.27. The molecule has 2 rings (SSSR count). The zero-order valence-electron chi connectivity index (χ0n) is 12.2. The van der Waals surface area contributed by atoms with Crippen LogP contribution in [0.25, 0.3) is 0 Å². The van der Waals surface area contributed by atoms with Crippen molar-refractivity contribution in [2.24, 2.45) is 5.92 Å². The summed E-state index contributed by atoms with van der Waals surface area (Å²) in [5.41, 5.74) is 0. The molecule has 19 heavy (non-hydrogen) atoms. The van der Waals surface area contributed by atoms with Gasteiger partial charge in [0.2, 0.25) is 0 Å². The van der Waals surface area contributed by atoms with E-state index in [-0.39, 0.29) is 0 Å². The van der Waals surface area contributed by atoms with Crippen molar-refractivity contribution in [3.63, 3.8) is 0 Å². The molecule has 0 amide bonds. The van der Waals surface area contributed by atoms with Crippen LogP contribution < -0.4 is 5.32 Å². The van der Waals surface area contributed by atoms with Gasteiger partial charge in [0.15, 0.2) is 0 Å². The molecule has 2 nitrogen and oxygen atoms in total. The molecule has 1 N–H and O–H groups in total. The molecule has 1 aromatic heterocycles. The smallest absolute Gasteiger partial charge is 0.0331 e. The first-order chi connectivity index (χ1) is 9.04. The van der Waals surface area contributed by atoms with Crippen LogP contribution >= 0.6 is 27.3 Å². The summed E-state index contributed by atoms with van der Waals surface area (Å²) in [5, 5.41) is 5.90. The van der Waals surface area contributed by atoms with Gasteiger partial charge in [0, 0.05) is 39.9 Å². The van der Waals surface area contributed by atoms with Crippen molar-refractivity contribution in [1.82, 2.24) is 10.2 Å². The molecule has 1 aliphatic heterocycles. The third kappa shape index (κ3) is 4.85. The van der Waals surface area contributed by atoms with E-state index in [1.54, 1.807) is 0 Å². The molecule has 0 spiro atoms. The largest absolute Gasteiger partial charge is 0.313 e. The van der Waals surface area contributed by atoms with Gasteiger partial charge in [-0.1, -0.05) is 13.8 Å². The lowest BCUT2D eigenvalue weighted by atomic mass is 10.0. The maximum Gasteiger partial charge on any atom is 0.0331 e. The van der Waals surface area contributed by atoms with Gasteiger partial charge in [-0.3, -0.25) is 4.90 Å². The lowest BCUT2D eigenvalue weighted by Crippen LogP contribution is -2.40. The lowest BCUT2D eigenvalue weighted by Gasteiger charge is -2.29. The Balaban J connectivity index is 1.98. The molecule has 0 aromatic carbocycles. The first kappa shape index (κ1) is 15.5. The first-order valence-corrected chi connectivity index (χ1v) is 8.92. The minimum Gasteiger partial charge on any atom is -0.313 e. The number of halogens is 1. The molecular weight excluding hydrogens is 320 g/mol. The molecule has 4 heteroatoms. The molecule has 0 bridgehead atoms. The van der Waals surface area contributed by atoms with E-state index in [4.69, 9.17) is 0 Å². The van der Waals surface area contributed by atoms with Crippen LogP contribution in [0.4, 0.5) is 0 Å². The fourth-order valence-electron chi connectivity index (χ4n) is 2.79. The molecule has 2 heterocycles. The normalized spacial score (nSPS) is 25.7. The molecule has 1 saturated heterocycles. The van der Waals surface area contributed by atoms with Crippen LogP contribution in [0, 0.1) is 5.92 Å². The van der Waals surface area contributed by atoms with E-state index in [1.165, 1.54) is 28.7 Å². The quantitative estimate of drug-likeness (QED) is 0.884. The Bertz CT molecular complexity index is 391. The summed E-state index contributed by atoms with van der Waals surface area (Å²) in [6, 6.07) is 3.58. The van der Waals surface area contributed by atoms with Crippen molar-refractivity contribution in [2.75, 3.05) is 13.1 Å². The van der Waals surface area contributed by atoms with Crippen molar-refractivity contribution < 1.29 is 0 Å². The van der Waals surface area contributed by atoms with E-state index in [1.807, 2.05) is 11.3 Å². The summed E-state index contributed by atoms with van der Waals surface area (Å²) >= 11 is 5.41. The van der Waals surface area contributed by atoms with Crippen LogP contribution in [0.3, 0.4) is 0 Å². The number of thiophene rings is 1. The summed E-state index contributed by atoms with van der Waals surface area (Å²) in [5.74, 6) is 0.767. The number of hydrogen-bond donors (Lipinski definition) is 1. The van der Waals surface area contributed by atoms with Crippen LogP contribution in [0.2, 0.25) is 0 Å². The van der Waals surface area contributed by atoms with E-state index in [2.05, 4.69) is 58.4 Å². The second-order valence-electron chi connectivity index (χ2n) is 6.08. The second-order valence-corrected chi connectivity index (χ2v) is 7.99. The van der Waals surface area contributed by atoms with Gasteiger partial charge in [0.05, 0.1) is 0 Å². The van der Waals surface area contributed by atoms with Crippen molar-refractivity contribution >= 4 is 27.3 Å². The fraction of sp³-hybridized carbons (Fsp3) is 0.733. The van der Waals surface area contributed by atoms with Crippen LogP contribution in [0.5, 0.6) is 0 Å². The van der Waals surface area contributed by atoms with Gasteiger partial charge >= 0.3 is 0 Å². The Hall–Kier alpha value is 0.1000. The predicted octanol–water partition coefficient (Wildman–Crippen LogP) is 4.11. The van der Waals surface area contributed by atoms with E-state index in [0.29, 0.717) is 12.1 Å². The molecule has 0 aliphatic carbocycles. The summed E-state index contributed by atoms with van der Waals surface area (Å²) in [4.78, 5) is 4.11. The van der Waals surface area contributed by atoms with Gasteiger partial charge in [-0.15, -0.1) is 11.3 Å². The van der Waals surface area contributed by atoms with E-state index in [0.717, 1.165) is 19.0 Å². The standard InChI is InChI=1S/C15H25BrN2S/c1-11(2)6-14-8-18(12(3)4-5-17-14)9-15-7-13(16)10-19-15/h7,10-12,14,17H,4-6,8-9H2,1-3H3. The Morgan fingerprint density at radius 3 is 2.95 bits per heavy atom. The van der Waals surface area contributed by atoms with Crippen LogP contribution in [0.1, 0.15) is 38.5 Å². The molecule has 1 fully saturated rings. The number of rotatable bonds is 4. The molecular formula is C15H25BrN2S. The number of nitrogens with one attached hydrogen (secondary N) is 1. The Morgan fingerprint density at radius 1 is 1.53 bits per heavy atom. The molecule has 0 saturated carbocycles. The van der Waals surface area contributed by atoms with Gasteiger partial charge in [-0.2, -0.15) is 0 Å². The van der Waals surface area contributed by atoms with E-state index < -0.39 is 0 Å². The van der Waals surface area contributed by atoms with Gasteiger partial charge in [-0.25, -0.2) is 0 Å². The molecule has 108 valence electrons. The van der Waals surface area contributed by atoms with Crippen molar-refractivity contribution in [2.45, 2.75) is 52.2 Å². The highest BCUT2D eigenvalue weighted by Crippen LogP contribution is 2.23. The number of hydrogen-bond acceptors (Lipinski definition) is 3. The second kappa shape index (κ2) is 7.21. The Morgan fingerprint density at radius 2 is 2.32 bits per heavy atom. The predicted molar refractivity (Wildman–Crippen MR) is 87.8 cm³/mol. The maximum absolute atomic E-state index is 3.72. The molecule has 1 aliphatic rings. The topological polar surface area (TPSA) is 15.3 Å². The molecule has 2 unspecified atom stereocenters. The van der Waals surface area contributed by atoms with Crippen LogP contribution in [-0.2, 0) is 6.54 Å². The average Bonchev–Trinajstić information content (AvgIpc) is 2.64.